The highest BCUT2D eigenvalue weighted by Gasteiger charge is 2.36. The summed E-state index contributed by atoms with van der Waals surface area (Å²) in [6, 6.07) is 0. The van der Waals surface area contributed by atoms with Gasteiger partial charge in [0.2, 0.25) is 5.69 Å². The SMILES string of the molecule is CNC(=O)c1nonc1OC1(C)CCC1. The molecule has 6 heteroatoms. The minimum atomic E-state index is -0.353. The number of carbonyl (C=O) groups is 1. The number of nitrogens with one attached hydrogen (secondary N) is 1. The summed E-state index contributed by atoms with van der Waals surface area (Å²) in [4.78, 5) is 11.3. The summed E-state index contributed by atoms with van der Waals surface area (Å²) < 4.78 is 10.1. The Morgan fingerprint density at radius 1 is 1.53 bits per heavy atom. The van der Waals surface area contributed by atoms with Crippen LogP contribution in [0, 0.1) is 0 Å². The molecule has 82 valence electrons. The highest BCUT2D eigenvalue weighted by Crippen LogP contribution is 2.36. The van der Waals surface area contributed by atoms with Gasteiger partial charge in [-0.1, -0.05) is 0 Å². The van der Waals surface area contributed by atoms with Crippen molar-refractivity contribution < 1.29 is 14.2 Å². The molecule has 15 heavy (non-hydrogen) atoms. The van der Waals surface area contributed by atoms with Crippen molar-refractivity contribution >= 4 is 5.91 Å². The van der Waals surface area contributed by atoms with E-state index in [9.17, 15) is 4.79 Å². The van der Waals surface area contributed by atoms with Gasteiger partial charge in [-0.15, -0.1) is 0 Å². The molecule has 1 aromatic heterocycles. The van der Waals surface area contributed by atoms with Crippen LogP contribution >= 0.6 is 0 Å². The minimum absolute atomic E-state index is 0.102. The number of rotatable bonds is 3. The molecule has 0 spiro atoms. The third-order valence-corrected chi connectivity index (χ3v) is 2.65. The molecule has 1 aromatic rings. The smallest absolute Gasteiger partial charge is 0.289 e. The average Bonchev–Trinajstić information content (AvgIpc) is 2.62. The molecule has 1 N–H and O–H groups in total. The maximum absolute atomic E-state index is 11.3. The third kappa shape index (κ3) is 1.79. The van der Waals surface area contributed by atoms with Crippen LogP contribution in [0.2, 0.25) is 0 Å². The molecule has 1 saturated carbocycles. The van der Waals surface area contributed by atoms with Crippen molar-refractivity contribution in [3.8, 4) is 5.88 Å². The molecule has 1 fully saturated rings. The number of amides is 1. The van der Waals surface area contributed by atoms with Gasteiger partial charge in [-0.3, -0.25) is 4.79 Å². The second kappa shape index (κ2) is 3.52. The van der Waals surface area contributed by atoms with Gasteiger partial charge in [-0.2, -0.15) is 0 Å². The summed E-state index contributed by atoms with van der Waals surface area (Å²) in [5.41, 5.74) is -0.118. The molecule has 0 radical (unpaired) electrons. The Morgan fingerprint density at radius 2 is 2.27 bits per heavy atom. The van der Waals surface area contributed by atoms with Gasteiger partial charge in [0, 0.05) is 7.05 Å². The van der Waals surface area contributed by atoms with E-state index < -0.39 is 0 Å². The zero-order chi connectivity index (χ0) is 10.9. The van der Waals surface area contributed by atoms with E-state index in [1.807, 2.05) is 6.92 Å². The summed E-state index contributed by atoms with van der Waals surface area (Å²) in [5, 5.41) is 9.54. The molecule has 6 nitrogen and oxygen atoms in total. The lowest BCUT2D eigenvalue weighted by Gasteiger charge is -2.37. The molecule has 0 atom stereocenters. The van der Waals surface area contributed by atoms with Crippen LogP contribution in [0.4, 0.5) is 0 Å². The van der Waals surface area contributed by atoms with E-state index in [0.29, 0.717) is 0 Å². The van der Waals surface area contributed by atoms with Crippen molar-refractivity contribution in [3.05, 3.63) is 5.69 Å². The van der Waals surface area contributed by atoms with Crippen LogP contribution in [0.25, 0.3) is 0 Å². The lowest BCUT2D eigenvalue weighted by molar-refractivity contribution is 0.00378. The molecule has 1 amide bonds. The van der Waals surface area contributed by atoms with Gasteiger partial charge in [-0.05, 0) is 36.5 Å². The standard InChI is InChI=1S/C9H13N3O3/c1-9(4-3-5-9)14-8-6(7(13)10-2)11-15-12-8/h3-5H2,1-2H3,(H,10,13). The Morgan fingerprint density at radius 3 is 2.80 bits per heavy atom. The quantitative estimate of drug-likeness (QED) is 0.798. The highest BCUT2D eigenvalue weighted by atomic mass is 16.6. The fourth-order valence-corrected chi connectivity index (χ4v) is 1.51. The average molecular weight is 211 g/mol. The normalized spacial score (nSPS) is 18.0. The van der Waals surface area contributed by atoms with E-state index in [1.165, 1.54) is 7.05 Å². The topological polar surface area (TPSA) is 77.3 Å². The third-order valence-electron chi connectivity index (χ3n) is 2.65. The molecular formula is C9H13N3O3. The predicted octanol–water partition coefficient (Wildman–Crippen LogP) is 0.751. The first-order valence-corrected chi connectivity index (χ1v) is 4.88. The number of hydrogen-bond donors (Lipinski definition) is 1. The summed E-state index contributed by atoms with van der Waals surface area (Å²) in [7, 11) is 1.52. The van der Waals surface area contributed by atoms with Gasteiger partial charge in [0.05, 0.1) is 0 Å². The van der Waals surface area contributed by atoms with E-state index in [1.54, 1.807) is 0 Å². The van der Waals surface area contributed by atoms with Gasteiger partial charge in [0.1, 0.15) is 5.60 Å². The number of aromatic nitrogens is 2. The second-order valence-corrected chi connectivity index (χ2v) is 3.90. The van der Waals surface area contributed by atoms with E-state index >= 15 is 0 Å². The Kier molecular flexibility index (Phi) is 2.34. The Hall–Kier alpha value is -1.59. The van der Waals surface area contributed by atoms with Gasteiger partial charge in [0.25, 0.3) is 11.8 Å². The Labute approximate surface area is 86.9 Å². The minimum Gasteiger partial charge on any atom is -0.467 e. The zero-order valence-corrected chi connectivity index (χ0v) is 8.74. The molecule has 0 bridgehead atoms. The van der Waals surface area contributed by atoms with Gasteiger partial charge in [0.15, 0.2) is 0 Å². The van der Waals surface area contributed by atoms with Crippen molar-refractivity contribution in [1.82, 2.24) is 15.6 Å². The van der Waals surface area contributed by atoms with Crippen LogP contribution in [0.5, 0.6) is 5.88 Å². The fraction of sp³-hybridized carbons (Fsp3) is 0.667. The first kappa shape index (κ1) is 9.95. The van der Waals surface area contributed by atoms with Crippen LogP contribution in [0.3, 0.4) is 0 Å². The van der Waals surface area contributed by atoms with E-state index in [2.05, 4.69) is 20.3 Å². The van der Waals surface area contributed by atoms with Crippen LogP contribution in [0.1, 0.15) is 36.7 Å². The van der Waals surface area contributed by atoms with E-state index in [4.69, 9.17) is 4.74 Å². The molecule has 1 heterocycles. The van der Waals surface area contributed by atoms with E-state index in [-0.39, 0.29) is 23.1 Å². The summed E-state index contributed by atoms with van der Waals surface area (Å²) in [5.74, 6) is -0.175. The maximum atomic E-state index is 11.3. The molecule has 2 rings (SSSR count). The molecule has 0 unspecified atom stereocenters. The molecule has 0 saturated heterocycles. The first-order chi connectivity index (χ1) is 7.14. The van der Waals surface area contributed by atoms with Crippen LogP contribution < -0.4 is 10.1 Å². The van der Waals surface area contributed by atoms with Crippen molar-refractivity contribution in [3.63, 3.8) is 0 Å². The van der Waals surface area contributed by atoms with Crippen LogP contribution in [-0.4, -0.2) is 28.9 Å². The summed E-state index contributed by atoms with van der Waals surface area (Å²) in [6.07, 6.45) is 3.07. The van der Waals surface area contributed by atoms with Gasteiger partial charge in [-0.25, -0.2) is 4.63 Å². The maximum Gasteiger partial charge on any atom is 0.289 e. The molecule has 0 aliphatic heterocycles. The first-order valence-electron chi connectivity index (χ1n) is 4.88. The fourth-order valence-electron chi connectivity index (χ4n) is 1.51. The largest absolute Gasteiger partial charge is 0.467 e. The van der Waals surface area contributed by atoms with Crippen LogP contribution in [-0.2, 0) is 0 Å². The molecular weight excluding hydrogens is 198 g/mol. The van der Waals surface area contributed by atoms with Crippen molar-refractivity contribution in [2.75, 3.05) is 7.05 Å². The molecule has 1 aliphatic carbocycles. The highest BCUT2D eigenvalue weighted by molar-refractivity contribution is 5.93. The summed E-state index contributed by atoms with van der Waals surface area (Å²) in [6.45, 7) is 1.98. The molecule has 1 aliphatic rings. The number of nitrogens with zero attached hydrogens (tertiary/aromatic N) is 2. The number of hydrogen-bond acceptors (Lipinski definition) is 5. The number of ether oxygens (including phenoxy) is 1. The monoisotopic (exact) mass is 211 g/mol. The number of carbonyl (C=O) groups excluding carboxylic acids is 1. The van der Waals surface area contributed by atoms with Crippen molar-refractivity contribution in [2.45, 2.75) is 31.8 Å². The van der Waals surface area contributed by atoms with Crippen LogP contribution in [0.15, 0.2) is 4.63 Å². The van der Waals surface area contributed by atoms with Gasteiger partial charge >= 0.3 is 0 Å². The lowest BCUT2D eigenvalue weighted by atomic mass is 9.82. The van der Waals surface area contributed by atoms with Gasteiger partial charge < -0.3 is 10.1 Å². The molecule has 0 aromatic carbocycles. The second-order valence-electron chi connectivity index (χ2n) is 3.90. The lowest BCUT2D eigenvalue weighted by Crippen LogP contribution is -2.40. The summed E-state index contributed by atoms with van der Waals surface area (Å²) >= 11 is 0. The van der Waals surface area contributed by atoms with E-state index in [0.717, 1.165) is 19.3 Å². The van der Waals surface area contributed by atoms with Crippen molar-refractivity contribution in [1.29, 1.82) is 0 Å². The Bertz CT molecular complexity index is 370. The Balaban J connectivity index is 2.14. The predicted molar refractivity (Wildman–Crippen MR) is 50.6 cm³/mol. The zero-order valence-electron chi connectivity index (χ0n) is 8.74. The van der Waals surface area contributed by atoms with Crippen molar-refractivity contribution in [2.24, 2.45) is 0 Å².